The van der Waals surface area contributed by atoms with Gasteiger partial charge in [0.1, 0.15) is 5.78 Å². The Kier molecular flexibility index (Phi) is 7.01. The molecule has 2 rings (SSSR count). The van der Waals surface area contributed by atoms with Gasteiger partial charge in [-0.1, -0.05) is 55.0 Å². The van der Waals surface area contributed by atoms with E-state index in [9.17, 15) is 18.0 Å². The van der Waals surface area contributed by atoms with Crippen LogP contribution in [0.4, 0.5) is 13.2 Å². The quantitative estimate of drug-likeness (QED) is 0.740. The molecule has 0 aliphatic rings. The third-order valence-corrected chi connectivity index (χ3v) is 3.24. The van der Waals surface area contributed by atoms with Gasteiger partial charge in [0.15, 0.2) is 0 Å². The van der Waals surface area contributed by atoms with Gasteiger partial charge >= 0.3 is 6.18 Å². The molecule has 0 aliphatic heterocycles. The Hall–Kier alpha value is -2.10. The molecule has 0 spiro atoms. The first kappa shape index (κ1) is 18.9. The van der Waals surface area contributed by atoms with Crippen LogP contribution in [0.25, 0.3) is 0 Å². The summed E-state index contributed by atoms with van der Waals surface area (Å²) in [5.41, 5.74) is 2.48. The van der Waals surface area contributed by atoms with Gasteiger partial charge < -0.3 is 0 Å². The minimum absolute atomic E-state index is 0.217. The van der Waals surface area contributed by atoms with Gasteiger partial charge in [0.25, 0.3) is 0 Å². The molecule has 0 amide bonds. The van der Waals surface area contributed by atoms with E-state index < -0.39 is 11.7 Å². The Balaban J connectivity index is 0.000000231. The van der Waals surface area contributed by atoms with Crippen LogP contribution in [0, 0.1) is 6.92 Å². The van der Waals surface area contributed by atoms with Crippen LogP contribution in [0.3, 0.4) is 0 Å². The smallest absolute Gasteiger partial charge is 0.300 e. The van der Waals surface area contributed by atoms with Crippen LogP contribution in [0.1, 0.15) is 36.1 Å². The molecule has 0 bridgehead atoms. The summed E-state index contributed by atoms with van der Waals surface area (Å²) in [7, 11) is 0. The lowest BCUT2D eigenvalue weighted by atomic mass is 10.1. The summed E-state index contributed by atoms with van der Waals surface area (Å²) in [6, 6.07) is 13.4. The van der Waals surface area contributed by atoms with Crippen LogP contribution >= 0.6 is 0 Å². The molecular formula is C19H21F3O. The summed E-state index contributed by atoms with van der Waals surface area (Å²) in [6.45, 7) is 5.48. The van der Waals surface area contributed by atoms with Gasteiger partial charge in [-0.05, 0) is 37.5 Å². The van der Waals surface area contributed by atoms with Gasteiger partial charge in [0.2, 0.25) is 0 Å². The van der Waals surface area contributed by atoms with Gasteiger partial charge in [0, 0.05) is 6.42 Å². The predicted octanol–water partition coefficient (Wildman–Crippen LogP) is 5.39. The van der Waals surface area contributed by atoms with E-state index in [1.807, 2.05) is 38.1 Å². The highest BCUT2D eigenvalue weighted by atomic mass is 19.4. The van der Waals surface area contributed by atoms with E-state index in [0.717, 1.165) is 11.6 Å². The van der Waals surface area contributed by atoms with Crippen LogP contribution in [-0.2, 0) is 23.8 Å². The van der Waals surface area contributed by atoms with Gasteiger partial charge in [-0.2, -0.15) is 13.2 Å². The second kappa shape index (κ2) is 8.51. The van der Waals surface area contributed by atoms with Crippen molar-refractivity contribution in [2.45, 2.75) is 39.8 Å². The maximum Gasteiger partial charge on any atom is 0.416 e. The van der Waals surface area contributed by atoms with Crippen molar-refractivity contribution in [2.24, 2.45) is 0 Å². The molecule has 124 valence electrons. The topological polar surface area (TPSA) is 17.1 Å². The fraction of sp³-hybridized carbons (Fsp3) is 0.316. The number of hydrogen-bond donors (Lipinski definition) is 0. The van der Waals surface area contributed by atoms with E-state index in [-0.39, 0.29) is 5.78 Å². The third kappa shape index (κ3) is 7.13. The second-order valence-corrected chi connectivity index (χ2v) is 5.42. The Labute approximate surface area is 135 Å². The van der Waals surface area contributed by atoms with Gasteiger partial charge in [-0.15, -0.1) is 0 Å². The fourth-order valence-corrected chi connectivity index (χ4v) is 1.96. The lowest BCUT2D eigenvalue weighted by Crippen LogP contribution is -2.04. The van der Waals surface area contributed by atoms with Gasteiger partial charge in [-0.25, -0.2) is 0 Å². The maximum atomic E-state index is 12.1. The van der Waals surface area contributed by atoms with Crippen molar-refractivity contribution in [3.8, 4) is 0 Å². The molecule has 23 heavy (non-hydrogen) atoms. The van der Waals surface area contributed by atoms with E-state index >= 15 is 0 Å². The van der Waals surface area contributed by atoms with Crippen molar-refractivity contribution in [1.82, 2.24) is 0 Å². The number of halogens is 3. The first-order valence-corrected chi connectivity index (χ1v) is 7.43. The molecule has 0 saturated heterocycles. The molecule has 0 fully saturated rings. The van der Waals surface area contributed by atoms with Crippen molar-refractivity contribution in [3.63, 3.8) is 0 Å². The van der Waals surface area contributed by atoms with E-state index in [1.165, 1.54) is 17.7 Å². The van der Waals surface area contributed by atoms with Gasteiger partial charge in [-0.3, -0.25) is 4.79 Å². The molecule has 0 aliphatic carbocycles. The zero-order chi connectivity index (χ0) is 17.5. The van der Waals surface area contributed by atoms with Crippen LogP contribution in [-0.4, -0.2) is 5.78 Å². The average Bonchev–Trinajstić information content (AvgIpc) is 2.49. The first-order chi connectivity index (χ1) is 10.7. The van der Waals surface area contributed by atoms with Crippen molar-refractivity contribution >= 4 is 5.78 Å². The maximum absolute atomic E-state index is 12.1. The van der Waals surface area contributed by atoms with Crippen LogP contribution in [0.5, 0.6) is 0 Å². The SMILES string of the molecule is CC(=O)Cc1ccc(C)cc1.CCc1cccc(C(F)(F)F)c1. The lowest BCUT2D eigenvalue weighted by Gasteiger charge is -2.06. The molecule has 0 saturated carbocycles. The summed E-state index contributed by atoms with van der Waals surface area (Å²) in [4.78, 5) is 10.7. The van der Waals surface area contributed by atoms with Crippen molar-refractivity contribution in [2.75, 3.05) is 0 Å². The number of carbonyl (C=O) groups is 1. The largest absolute Gasteiger partial charge is 0.416 e. The fourth-order valence-electron chi connectivity index (χ4n) is 1.96. The lowest BCUT2D eigenvalue weighted by molar-refractivity contribution is -0.137. The number of alkyl halides is 3. The highest BCUT2D eigenvalue weighted by Gasteiger charge is 2.30. The Morgan fingerprint density at radius 1 is 1.00 bits per heavy atom. The number of aryl methyl sites for hydroxylation is 2. The number of rotatable bonds is 3. The number of Topliss-reactive ketones (excluding diaryl/α,β-unsaturated/α-hetero) is 1. The van der Waals surface area contributed by atoms with Gasteiger partial charge in [0.05, 0.1) is 5.56 Å². The number of benzene rings is 2. The van der Waals surface area contributed by atoms with E-state index in [4.69, 9.17) is 0 Å². The monoisotopic (exact) mass is 322 g/mol. The molecule has 2 aromatic rings. The van der Waals surface area contributed by atoms with Crippen molar-refractivity contribution in [1.29, 1.82) is 0 Å². The molecular weight excluding hydrogens is 301 g/mol. The predicted molar refractivity (Wildman–Crippen MR) is 86.4 cm³/mol. The minimum atomic E-state index is -4.22. The summed E-state index contributed by atoms with van der Waals surface area (Å²) in [6.07, 6.45) is -3.03. The molecule has 2 aromatic carbocycles. The minimum Gasteiger partial charge on any atom is -0.300 e. The molecule has 0 atom stereocenters. The van der Waals surface area contributed by atoms with Crippen LogP contribution < -0.4 is 0 Å². The number of carbonyl (C=O) groups excluding carboxylic acids is 1. The van der Waals surface area contributed by atoms with Crippen molar-refractivity contribution < 1.29 is 18.0 Å². The number of ketones is 1. The zero-order valence-corrected chi connectivity index (χ0v) is 13.6. The molecule has 1 nitrogen and oxygen atoms in total. The van der Waals surface area contributed by atoms with Crippen molar-refractivity contribution in [3.05, 3.63) is 70.8 Å². The molecule has 0 N–H and O–H groups in total. The highest BCUT2D eigenvalue weighted by molar-refractivity contribution is 5.78. The molecule has 0 aromatic heterocycles. The summed E-state index contributed by atoms with van der Waals surface area (Å²) in [5, 5.41) is 0. The zero-order valence-electron chi connectivity index (χ0n) is 13.6. The van der Waals surface area contributed by atoms with Crippen LogP contribution in [0.15, 0.2) is 48.5 Å². The number of hydrogen-bond acceptors (Lipinski definition) is 1. The molecule has 0 radical (unpaired) electrons. The summed E-state index contributed by atoms with van der Waals surface area (Å²) in [5.74, 6) is 0.217. The Bertz CT molecular complexity index is 628. The van der Waals surface area contributed by atoms with E-state index in [1.54, 1.807) is 13.0 Å². The molecule has 0 unspecified atom stereocenters. The standard InChI is InChI=1S/C10H12O.C9H9F3/c1-8-3-5-10(6-4-8)7-9(2)11;1-2-7-4-3-5-8(6-7)9(10,11)12/h3-6H,7H2,1-2H3;3-6H,2H2,1H3. The highest BCUT2D eigenvalue weighted by Crippen LogP contribution is 2.29. The Morgan fingerprint density at radius 2 is 1.61 bits per heavy atom. The molecule has 4 heteroatoms. The average molecular weight is 322 g/mol. The van der Waals surface area contributed by atoms with E-state index in [2.05, 4.69) is 0 Å². The first-order valence-electron chi connectivity index (χ1n) is 7.43. The normalized spacial score (nSPS) is 10.7. The second-order valence-electron chi connectivity index (χ2n) is 5.42. The van der Waals surface area contributed by atoms with E-state index in [0.29, 0.717) is 18.4 Å². The summed E-state index contributed by atoms with van der Waals surface area (Å²) >= 11 is 0. The Morgan fingerprint density at radius 3 is 2.09 bits per heavy atom. The summed E-state index contributed by atoms with van der Waals surface area (Å²) < 4.78 is 36.3. The van der Waals surface area contributed by atoms with Crippen LogP contribution in [0.2, 0.25) is 0 Å². The molecule has 0 heterocycles. The third-order valence-electron chi connectivity index (χ3n) is 3.24.